The third-order valence-electron chi connectivity index (χ3n) is 5.97. The molecule has 2 aromatic carbocycles. The second kappa shape index (κ2) is 11.1. The van der Waals surface area contributed by atoms with Crippen LogP contribution in [-0.2, 0) is 6.42 Å². The highest BCUT2D eigenvalue weighted by Crippen LogP contribution is 2.19. The second-order valence-electron chi connectivity index (χ2n) is 8.82. The second-order valence-corrected chi connectivity index (χ2v) is 8.82. The molecule has 0 bridgehead atoms. The van der Waals surface area contributed by atoms with E-state index < -0.39 is 0 Å². The minimum atomic E-state index is -0.0445. The van der Waals surface area contributed by atoms with Crippen LogP contribution in [0.15, 0.2) is 54.7 Å². The number of aromatic nitrogens is 2. The van der Waals surface area contributed by atoms with E-state index in [4.69, 9.17) is 0 Å². The van der Waals surface area contributed by atoms with Gasteiger partial charge in [-0.1, -0.05) is 41.5 Å². The van der Waals surface area contributed by atoms with E-state index in [1.54, 1.807) is 6.20 Å². The minimum absolute atomic E-state index is 0.0445. The molecular formula is C27H33N5O. The highest BCUT2D eigenvalue weighted by molar-refractivity contribution is 5.95. The third-order valence-corrected chi connectivity index (χ3v) is 5.97. The van der Waals surface area contributed by atoms with Gasteiger partial charge in [0.05, 0.1) is 5.69 Å². The average Bonchev–Trinajstić information content (AvgIpc) is 3.32. The van der Waals surface area contributed by atoms with Crippen LogP contribution < -0.4 is 10.6 Å². The molecule has 0 unspecified atom stereocenters. The molecule has 1 saturated heterocycles. The van der Waals surface area contributed by atoms with Gasteiger partial charge >= 0.3 is 0 Å². The van der Waals surface area contributed by atoms with Crippen LogP contribution >= 0.6 is 0 Å². The van der Waals surface area contributed by atoms with E-state index >= 15 is 0 Å². The average molecular weight is 444 g/mol. The fourth-order valence-corrected chi connectivity index (χ4v) is 4.39. The molecule has 172 valence electrons. The maximum Gasteiger partial charge on any atom is 0.251 e. The molecule has 6 nitrogen and oxygen atoms in total. The van der Waals surface area contributed by atoms with Crippen LogP contribution in [0.4, 0.5) is 5.95 Å². The van der Waals surface area contributed by atoms with E-state index in [9.17, 15) is 4.79 Å². The molecule has 0 spiro atoms. The molecule has 4 rings (SSSR count). The summed E-state index contributed by atoms with van der Waals surface area (Å²) < 4.78 is 0. The monoisotopic (exact) mass is 443 g/mol. The molecule has 33 heavy (non-hydrogen) atoms. The van der Waals surface area contributed by atoms with Gasteiger partial charge in [0.15, 0.2) is 0 Å². The fourth-order valence-electron chi connectivity index (χ4n) is 4.39. The first-order valence-electron chi connectivity index (χ1n) is 11.8. The van der Waals surface area contributed by atoms with Crippen molar-refractivity contribution < 1.29 is 4.79 Å². The molecule has 1 aliphatic heterocycles. The van der Waals surface area contributed by atoms with E-state index in [-0.39, 0.29) is 5.91 Å². The smallest absolute Gasteiger partial charge is 0.251 e. The summed E-state index contributed by atoms with van der Waals surface area (Å²) >= 11 is 0. The molecule has 0 atom stereocenters. The largest absolute Gasteiger partial charge is 0.354 e. The van der Waals surface area contributed by atoms with Crippen molar-refractivity contribution in [2.45, 2.75) is 33.1 Å². The van der Waals surface area contributed by atoms with E-state index in [0.29, 0.717) is 18.1 Å². The van der Waals surface area contributed by atoms with Gasteiger partial charge in [0.25, 0.3) is 5.91 Å². The van der Waals surface area contributed by atoms with Gasteiger partial charge in [-0.05, 0) is 70.0 Å². The van der Waals surface area contributed by atoms with Crippen LogP contribution in [0.3, 0.4) is 0 Å². The van der Waals surface area contributed by atoms with Crippen LogP contribution in [0, 0.1) is 13.8 Å². The summed E-state index contributed by atoms with van der Waals surface area (Å²) in [5, 5.41) is 6.37. The summed E-state index contributed by atoms with van der Waals surface area (Å²) in [6.45, 7) is 8.86. The maximum atomic E-state index is 12.6. The van der Waals surface area contributed by atoms with Gasteiger partial charge < -0.3 is 15.5 Å². The van der Waals surface area contributed by atoms with Crippen LogP contribution in [0.2, 0.25) is 0 Å². The van der Waals surface area contributed by atoms with Gasteiger partial charge in [-0.25, -0.2) is 9.97 Å². The van der Waals surface area contributed by atoms with Crippen molar-refractivity contribution in [1.29, 1.82) is 0 Å². The first-order chi connectivity index (χ1) is 16.1. The standard InChI is InChI=1S/C27H33N5O/c1-20-16-21(2)18-22(17-20)8-10-29-27-30-11-9-25(31-27)23-6-5-7-24(19-23)26(33)28-12-15-32-13-3-4-14-32/h5-7,9,11,16-19H,3-4,8,10,12-15H2,1-2H3,(H,28,33)(H,29,30,31). The van der Waals surface area contributed by atoms with Crippen molar-refractivity contribution >= 4 is 11.9 Å². The number of rotatable bonds is 9. The predicted octanol–water partition coefficient (Wildman–Crippen LogP) is 4.24. The molecule has 1 fully saturated rings. The molecule has 0 saturated carbocycles. The molecule has 2 heterocycles. The Morgan fingerprint density at radius 2 is 1.79 bits per heavy atom. The Hall–Kier alpha value is -3.25. The van der Waals surface area contributed by atoms with Crippen molar-refractivity contribution in [1.82, 2.24) is 20.2 Å². The van der Waals surface area contributed by atoms with Crippen molar-refractivity contribution in [2.75, 3.05) is 38.0 Å². The summed E-state index contributed by atoms with van der Waals surface area (Å²) in [5.41, 5.74) is 6.22. The Labute approximate surface area is 196 Å². The summed E-state index contributed by atoms with van der Waals surface area (Å²) in [6.07, 6.45) is 5.18. The molecule has 0 radical (unpaired) electrons. The molecular weight excluding hydrogens is 410 g/mol. The summed E-state index contributed by atoms with van der Waals surface area (Å²) in [7, 11) is 0. The van der Waals surface area contributed by atoms with Gasteiger partial charge in [-0.15, -0.1) is 0 Å². The number of anilines is 1. The van der Waals surface area contributed by atoms with Gasteiger partial charge in [0, 0.05) is 37.0 Å². The lowest BCUT2D eigenvalue weighted by Gasteiger charge is -2.14. The first-order valence-corrected chi connectivity index (χ1v) is 11.8. The number of nitrogens with one attached hydrogen (secondary N) is 2. The number of nitrogens with zero attached hydrogens (tertiary/aromatic N) is 3. The number of carbonyl (C=O) groups excluding carboxylic acids is 1. The minimum Gasteiger partial charge on any atom is -0.354 e. The summed E-state index contributed by atoms with van der Waals surface area (Å²) in [6, 6.07) is 16.1. The summed E-state index contributed by atoms with van der Waals surface area (Å²) in [4.78, 5) is 24.0. The number of hydrogen-bond donors (Lipinski definition) is 2. The fraction of sp³-hybridized carbons (Fsp3) is 0.370. The van der Waals surface area contributed by atoms with Gasteiger partial charge in [-0.2, -0.15) is 0 Å². The number of aryl methyl sites for hydroxylation is 2. The van der Waals surface area contributed by atoms with Gasteiger partial charge in [0.2, 0.25) is 5.95 Å². The molecule has 1 aliphatic rings. The van der Waals surface area contributed by atoms with Crippen molar-refractivity contribution in [2.24, 2.45) is 0 Å². The van der Waals surface area contributed by atoms with E-state index in [1.165, 1.54) is 29.5 Å². The topological polar surface area (TPSA) is 70.2 Å². The Morgan fingerprint density at radius 1 is 1.00 bits per heavy atom. The third kappa shape index (κ3) is 6.62. The lowest BCUT2D eigenvalue weighted by Crippen LogP contribution is -2.33. The molecule has 1 amide bonds. The molecule has 2 N–H and O–H groups in total. The number of benzene rings is 2. The van der Waals surface area contributed by atoms with Crippen molar-refractivity contribution in [3.05, 3.63) is 77.0 Å². The zero-order chi connectivity index (χ0) is 23.0. The number of likely N-dealkylation sites (tertiary alicyclic amines) is 1. The van der Waals surface area contributed by atoms with Crippen molar-refractivity contribution in [3.63, 3.8) is 0 Å². The highest BCUT2D eigenvalue weighted by Gasteiger charge is 2.12. The highest BCUT2D eigenvalue weighted by atomic mass is 16.1. The van der Waals surface area contributed by atoms with E-state index in [1.807, 2.05) is 30.3 Å². The zero-order valence-corrected chi connectivity index (χ0v) is 19.6. The Balaban J connectivity index is 1.34. The summed E-state index contributed by atoms with van der Waals surface area (Å²) in [5.74, 6) is 0.550. The Kier molecular flexibility index (Phi) is 7.68. The Bertz CT molecular complexity index is 1070. The molecule has 6 heteroatoms. The molecule has 3 aromatic rings. The first kappa shape index (κ1) is 22.9. The van der Waals surface area contributed by atoms with Crippen LogP contribution in [0.5, 0.6) is 0 Å². The van der Waals surface area contributed by atoms with Gasteiger partial charge in [0.1, 0.15) is 0 Å². The maximum absolute atomic E-state index is 12.6. The molecule has 1 aromatic heterocycles. The predicted molar refractivity (Wildman–Crippen MR) is 134 cm³/mol. The molecule has 0 aliphatic carbocycles. The lowest BCUT2D eigenvalue weighted by atomic mass is 10.1. The van der Waals surface area contributed by atoms with E-state index in [2.05, 4.69) is 57.5 Å². The SMILES string of the molecule is Cc1cc(C)cc(CCNc2nccc(-c3cccc(C(=O)NCCN4CCCC4)c3)n2)c1. The number of hydrogen-bond acceptors (Lipinski definition) is 5. The van der Waals surface area contributed by atoms with Crippen molar-refractivity contribution in [3.8, 4) is 11.3 Å². The van der Waals surface area contributed by atoms with E-state index in [0.717, 1.165) is 43.9 Å². The number of carbonyl (C=O) groups is 1. The zero-order valence-electron chi connectivity index (χ0n) is 19.6. The van der Waals surface area contributed by atoms with Crippen LogP contribution in [-0.4, -0.2) is 53.5 Å². The quantitative estimate of drug-likeness (QED) is 0.518. The lowest BCUT2D eigenvalue weighted by molar-refractivity contribution is 0.0950. The normalized spacial score (nSPS) is 13.8. The Morgan fingerprint density at radius 3 is 2.58 bits per heavy atom. The van der Waals surface area contributed by atoms with Crippen LogP contribution in [0.1, 0.15) is 39.9 Å². The number of amides is 1. The van der Waals surface area contributed by atoms with Crippen LogP contribution in [0.25, 0.3) is 11.3 Å². The van der Waals surface area contributed by atoms with Gasteiger partial charge in [-0.3, -0.25) is 4.79 Å².